The second-order valence-electron chi connectivity index (χ2n) is 8.91. The summed E-state index contributed by atoms with van der Waals surface area (Å²) in [4.78, 5) is 17.9. The Morgan fingerprint density at radius 3 is 2.71 bits per heavy atom. The highest BCUT2D eigenvalue weighted by Gasteiger charge is 2.49. The molecule has 8 nitrogen and oxygen atoms in total. The van der Waals surface area contributed by atoms with Crippen molar-refractivity contribution >= 4 is 32.3 Å². The number of H-pyrrole nitrogens is 1. The zero-order valence-corrected chi connectivity index (χ0v) is 17.5. The molecule has 162 valence electrons. The molecule has 0 amide bonds. The van der Waals surface area contributed by atoms with Gasteiger partial charge in [0.25, 0.3) is 5.56 Å². The van der Waals surface area contributed by atoms with Gasteiger partial charge in [0.1, 0.15) is 5.52 Å². The van der Waals surface area contributed by atoms with Crippen LogP contribution in [-0.2, 0) is 21.7 Å². The van der Waals surface area contributed by atoms with Crippen molar-refractivity contribution in [2.24, 2.45) is 12.4 Å². The van der Waals surface area contributed by atoms with Crippen molar-refractivity contribution in [1.29, 1.82) is 0 Å². The second-order valence-corrected chi connectivity index (χ2v) is 10.9. The molecule has 2 saturated heterocycles. The molecule has 1 aliphatic carbocycles. The number of nitrogens with zero attached hydrogens (tertiary/aromatic N) is 2. The minimum atomic E-state index is -3.48. The number of pyridine rings is 1. The molecular weight excluding hydrogens is 416 g/mol. The van der Waals surface area contributed by atoms with Gasteiger partial charge in [0, 0.05) is 64.5 Å². The van der Waals surface area contributed by atoms with Gasteiger partial charge in [-0.15, -0.1) is 0 Å². The highest BCUT2D eigenvalue weighted by molar-refractivity contribution is 7.93. The van der Waals surface area contributed by atoms with E-state index in [2.05, 4.69) is 14.6 Å². The Morgan fingerprint density at radius 2 is 2.03 bits per heavy atom. The van der Waals surface area contributed by atoms with Crippen molar-refractivity contribution in [3.63, 3.8) is 0 Å². The largest absolute Gasteiger partial charge is 0.380 e. The van der Waals surface area contributed by atoms with E-state index in [1.165, 1.54) is 6.20 Å². The fourth-order valence-corrected chi connectivity index (χ4v) is 5.97. The summed E-state index contributed by atoms with van der Waals surface area (Å²) in [6.07, 6.45) is 4.24. The summed E-state index contributed by atoms with van der Waals surface area (Å²) in [6.45, 7) is 0.347. The molecule has 3 aromatic rings. The molecule has 31 heavy (non-hydrogen) atoms. The standard InChI is InChI=1S/C22H24N4O4S/c1-25-9-18(16-6-7-23-20(16)21(25)27)17-8-14(24-31(28,29)15-3-4-15)2-5-19(17)26-10-22(11-26)12-30-13-22/h2,5-9,15,23-24H,3-4,10-13H2,1H3/i1D3. The third kappa shape index (κ3) is 2.98. The van der Waals surface area contributed by atoms with Crippen molar-refractivity contribution in [2.45, 2.75) is 18.1 Å². The first-order valence-electron chi connectivity index (χ1n) is 11.8. The minimum absolute atomic E-state index is 0.143. The van der Waals surface area contributed by atoms with E-state index in [0.717, 1.165) is 23.3 Å². The van der Waals surface area contributed by atoms with E-state index in [0.29, 0.717) is 48.3 Å². The molecule has 0 unspecified atom stereocenters. The predicted molar refractivity (Wildman–Crippen MR) is 120 cm³/mol. The number of rotatable bonds is 5. The number of benzene rings is 1. The van der Waals surface area contributed by atoms with Gasteiger partial charge in [0.05, 0.1) is 23.9 Å². The third-order valence-corrected chi connectivity index (χ3v) is 8.32. The number of sulfonamides is 1. The Bertz CT molecular complexity index is 1460. The van der Waals surface area contributed by atoms with Crippen molar-refractivity contribution in [3.8, 4) is 11.1 Å². The Morgan fingerprint density at radius 1 is 1.23 bits per heavy atom. The molecule has 3 fully saturated rings. The van der Waals surface area contributed by atoms with E-state index in [1.807, 2.05) is 6.07 Å². The van der Waals surface area contributed by atoms with E-state index in [-0.39, 0.29) is 16.2 Å². The number of aromatic nitrogens is 2. The fraction of sp³-hybridized carbons (Fsp3) is 0.409. The quantitative estimate of drug-likeness (QED) is 0.631. The molecule has 2 aromatic heterocycles. The number of ether oxygens (including phenoxy) is 1. The summed E-state index contributed by atoms with van der Waals surface area (Å²) >= 11 is 0. The summed E-state index contributed by atoms with van der Waals surface area (Å²) in [5, 5.41) is 0.203. The Kier molecular flexibility index (Phi) is 3.27. The van der Waals surface area contributed by atoms with E-state index in [9.17, 15) is 13.2 Å². The molecule has 9 heteroatoms. The van der Waals surface area contributed by atoms with Crippen LogP contribution in [0.15, 0.2) is 41.5 Å². The first kappa shape index (κ1) is 15.9. The van der Waals surface area contributed by atoms with Crippen LogP contribution < -0.4 is 15.2 Å². The number of nitrogens with one attached hydrogen (secondary N) is 2. The van der Waals surface area contributed by atoms with Gasteiger partial charge in [-0.05, 0) is 37.1 Å². The van der Waals surface area contributed by atoms with E-state index < -0.39 is 22.6 Å². The number of hydrogen-bond donors (Lipinski definition) is 2. The summed E-state index contributed by atoms with van der Waals surface area (Å²) in [5.41, 5.74) is 2.16. The Labute approximate surface area is 184 Å². The molecule has 0 radical (unpaired) electrons. The molecule has 1 saturated carbocycles. The normalized spacial score (nSPS) is 21.8. The van der Waals surface area contributed by atoms with Crippen molar-refractivity contribution in [2.75, 3.05) is 35.9 Å². The average Bonchev–Trinajstić information content (AvgIpc) is 3.44. The molecular formula is C22H24N4O4S. The monoisotopic (exact) mass is 443 g/mol. The summed E-state index contributed by atoms with van der Waals surface area (Å²) in [6, 6.07) is 7.05. The molecule has 6 rings (SSSR count). The van der Waals surface area contributed by atoms with Gasteiger partial charge >= 0.3 is 0 Å². The van der Waals surface area contributed by atoms with Crippen LogP contribution in [0, 0.1) is 5.41 Å². The lowest BCUT2D eigenvalue weighted by Gasteiger charge is -2.56. The van der Waals surface area contributed by atoms with Gasteiger partial charge in [0.15, 0.2) is 0 Å². The van der Waals surface area contributed by atoms with Gasteiger partial charge in [0.2, 0.25) is 10.0 Å². The Balaban J connectivity index is 1.51. The number of aromatic amines is 1. The SMILES string of the molecule is [2H]C([2H])([2H])n1cc(-c2cc(NS(=O)(=O)C3CC3)ccc2N2CC3(COC3)C2)c2cc[nH]c2c1=O. The van der Waals surface area contributed by atoms with Crippen molar-refractivity contribution < 1.29 is 17.3 Å². The van der Waals surface area contributed by atoms with Gasteiger partial charge < -0.3 is 19.2 Å². The number of anilines is 2. The van der Waals surface area contributed by atoms with Crippen LogP contribution in [0.25, 0.3) is 22.0 Å². The van der Waals surface area contributed by atoms with Crippen LogP contribution >= 0.6 is 0 Å². The smallest absolute Gasteiger partial charge is 0.274 e. The van der Waals surface area contributed by atoms with Crippen molar-refractivity contribution in [1.82, 2.24) is 9.55 Å². The first-order chi connectivity index (χ1) is 16.1. The molecule has 0 bridgehead atoms. The second kappa shape index (κ2) is 6.37. The van der Waals surface area contributed by atoms with Crippen LogP contribution in [0.5, 0.6) is 0 Å². The van der Waals surface area contributed by atoms with Gasteiger partial charge in [-0.1, -0.05) is 0 Å². The number of aryl methyl sites for hydroxylation is 1. The van der Waals surface area contributed by atoms with Crippen LogP contribution in [0.2, 0.25) is 0 Å². The van der Waals surface area contributed by atoms with Crippen LogP contribution in [0.4, 0.5) is 11.4 Å². The van der Waals surface area contributed by atoms with Crippen LogP contribution in [0.3, 0.4) is 0 Å². The van der Waals surface area contributed by atoms with E-state index >= 15 is 0 Å². The molecule has 2 aliphatic heterocycles. The average molecular weight is 444 g/mol. The molecule has 2 N–H and O–H groups in total. The number of fused-ring (bicyclic) bond motifs is 1. The van der Waals surface area contributed by atoms with E-state index in [1.54, 1.807) is 24.4 Å². The summed E-state index contributed by atoms with van der Waals surface area (Å²) < 4.78 is 57.5. The van der Waals surface area contributed by atoms with Crippen LogP contribution in [-0.4, -0.2) is 49.5 Å². The molecule has 1 spiro atoms. The zero-order chi connectivity index (χ0) is 23.9. The van der Waals surface area contributed by atoms with Crippen LogP contribution in [0.1, 0.15) is 17.0 Å². The number of hydrogen-bond acceptors (Lipinski definition) is 5. The van der Waals surface area contributed by atoms with Gasteiger partial charge in [-0.2, -0.15) is 0 Å². The molecule has 4 heterocycles. The highest BCUT2D eigenvalue weighted by atomic mass is 32.2. The lowest BCUT2D eigenvalue weighted by Crippen LogP contribution is -2.66. The lowest BCUT2D eigenvalue weighted by atomic mass is 9.77. The summed E-state index contributed by atoms with van der Waals surface area (Å²) in [7, 11) is -3.48. The maximum absolute atomic E-state index is 12.8. The fourth-order valence-electron chi connectivity index (χ4n) is 4.59. The Hall–Kier alpha value is -2.78. The third-order valence-electron chi connectivity index (χ3n) is 6.45. The lowest BCUT2D eigenvalue weighted by molar-refractivity contribution is -0.127. The maximum atomic E-state index is 12.8. The molecule has 1 aromatic carbocycles. The highest BCUT2D eigenvalue weighted by Crippen LogP contribution is 2.45. The predicted octanol–water partition coefficient (Wildman–Crippen LogP) is 2.27. The topological polar surface area (TPSA) is 96.4 Å². The molecule has 3 aliphatic rings. The van der Waals surface area contributed by atoms with Gasteiger partial charge in [-0.3, -0.25) is 9.52 Å². The zero-order valence-electron chi connectivity index (χ0n) is 19.7. The van der Waals surface area contributed by atoms with Gasteiger partial charge in [-0.25, -0.2) is 8.42 Å². The van der Waals surface area contributed by atoms with E-state index in [4.69, 9.17) is 8.85 Å². The first-order valence-corrected chi connectivity index (χ1v) is 11.8. The van der Waals surface area contributed by atoms with Crippen molar-refractivity contribution in [3.05, 3.63) is 47.0 Å². The minimum Gasteiger partial charge on any atom is -0.380 e. The molecule has 0 atom stereocenters. The maximum Gasteiger partial charge on any atom is 0.274 e. The summed E-state index contributed by atoms with van der Waals surface area (Å²) in [5.74, 6) is 0.